The molecule has 1 amide bonds. The van der Waals surface area contributed by atoms with Gasteiger partial charge in [-0.2, -0.15) is 0 Å². The molecule has 0 bridgehead atoms. The molecule has 1 atom stereocenters. The van der Waals surface area contributed by atoms with Crippen molar-refractivity contribution in [3.63, 3.8) is 0 Å². The van der Waals surface area contributed by atoms with Crippen LogP contribution in [0.2, 0.25) is 0 Å². The molecule has 1 unspecified atom stereocenters. The molecule has 0 radical (unpaired) electrons. The van der Waals surface area contributed by atoms with Gasteiger partial charge in [0.1, 0.15) is 23.9 Å². The largest absolute Gasteiger partial charge is 0.481 e. The zero-order chi connectivity index (χ0) is 21.5. The van der Waals surface area contributed by atoms with Gasteiger partial charge in [0, 0.05) is 17.1 Å². The molecule has 1 aliphatic carbocycles. The number of anilines is 1. The second-order valence-corrected chi connectivity index (χ2v) is 8.20. The van der Waals surface area contributed by atoms with Crippen molar-refractivity contribution in [2.24, 2.45) is 0 Å². The first-order valence-corrected chi connectivity index (χ1v) is 10.6. The van der Waals surface area contributed by atoms with Crippen LogP contribution in [-0.4, -0.2) is 22.5 Å². The number of carbonyl (C=O) groups is 1. The van der Waals surface area contributed by atoms with Gasteiger partial charge in [-0.3, -0.25) is 4.79 Å². The molecule has 5 heteroatoms. The van der Waals surface area contributed by atoms with Crippen molar-refractivity contribution in [2.45, 2.75) is 18.3 Å². The van der Waals surface area contributed by atoms with Crippen molar-refractivity contribution < 1.29 is 9.53 Å². The number of para-hydroxylation sites is 1. The van der Waals surface area contributed by atoms with Gasteiger partial charge in [-0.05, 0) is 72.4 Å². The zero-order valence-electron chi connectivity index (χ0n) is 17.3. The average Bonchev–Trinajstić information content (AvgIpc) is 3.33. The quantitative estimate of drug-likeness (QED) is 0.500. The Morgan fingerprint density at radius 2 is 1.84 bits per heavy atom. The fourth-order valence-corrected chi connectivity index (χ4v) is 4.73. The van der Waals surface area contributed by atoms with E-state index in [-0.39, 0.29) is 5.91 Å². The Balaban J connectivity index is 1.27. The van der Waals surface area contributed by atoms with E-state index < -0.39 is 5.41 Å². The molecule has 6 rings (SSSR count). The predicted molar refractivity (Wildman–Crippen MR) is 123 cm³/mol. The minimum atomic E-state index is -0.569. The summed E-state index contributed by atoms with van der Waals surface area (Å²) in [5.74, 6) is 7.63. The van der Waals surface area contributed by atoms with Crippen LogP contribution in [0.5, 0.6) is 5.75 Å². The van der Waals surface area contributed by atoms with E-state index >= 15 is 0 Å². The van der Waals surface area contributed by atoms with Gasteiger partial charge in [0.25, 0.3) is 0 Å². The number of benzene rings is 2. The van der Waals surface area contributed by atoms with E-state index in [0.29, 0.717) is 31.0 Å². The molecular formula is C27H19N3O2. The number of nitrogens with one attached hydrogen (secondary N) is 1. The first-order chi connectivity index (χ1) is 15.7. The number of amides is 1. The number of rotatable bonds is 2. The third-order valence-electron chi connectivity index (χ3n) is 6.26. The van der Waals surface area contributed by atoms with Crippen LogP contribution in [0.1, 0.15) is 22.4 Å². The van der Waals surface area contributed by atoms with Crippen LogP contribution >= 0.6 is 0 Å². The molecule has 0 fully saturated rings. The van der Waals surface area contributed by atoms with E-state index in [1.165, 1.54) is 5.56 Å². The molecule has 3 heterocycles. The summed E-state index contributed by atoms with van der Waals surface area (Å²) in [5.41, 5.74) is 4.37. The lowest BCUT2D eigenvalue weighted by Gasteiger charge is -2.20. The first kappa shape index (κ1) is 18.6. The molecule has 154 valence electrons. The summed E-state index contributed by atoms with van der Waals surface area (Å²) in [6.07, 6.45) is 3.05. The molecule has 4 aromatic rings. The second-order valence-electron chi connectivity index (χ2n) is 8.20. The summed E-state index contributed by atoms with van der Waals surface area (Å²) < 4.78 is 5.62. The van der Waals surface area contributed by atoms with Crippen molar-refractivity contribution >= 4 is 22.6 Å². The summed E-state index contributed by atoms with van der Waals surface area (Å²) in [7, 11) is 0. The van der Waals surface area contributed by atoms with Crippen LogP contribution in [-0.2, 0) is 23.1 Å². The minimum absolute atomic E-state index is 0.0318. The standard InChI is InChI=1S/C27H19N3O2/c31-26-27(23-9-4-12-28-25(23)30-26)16-19-14-18-10-11-21(29-24(18)15-20(19)17-27)6-5-13-32-22-7-2-1-3-8-22/h1-4,7-12,14-15H,13,16-17H2,(H,28,30,31). The molecule has 1 N–H and O–H groups in total. The fraction of sp³-hybridized carbons (Fsp3) is 0.148. The first-order valence-electron chi connectivity index (χ1n) is 10.6. The Hall–Kier alpha value is -4.17. The second kappa shape index (κ2) is 7.21. The van der Waals surface area contributed by atoms with Gasteiger partial charge in [0.05, 0.1) is 10.9 Å². The highest BCUT2D eigenvalue weighted by Crippen LogP contribution is 2.47. The van der Waals surface area contributed by atoms with E-state index in [1.807, 2.05) is 54.6 Å². The molecule has 32 heavy (non-hydrogen) atoms. The van der Waals surface area contributed by atoms with Crippen LogP contribution in [0.3, 0.4) is 0 Å². The topological polar surface area (TPSA) is 64.1 Å². The summed E-state index contributed by atoms with van der Waals surface area (Å²) in [5, 5.41) is 4.01. The molecule has 0 saturated heterocycles. The number of nitrogens with zero attached hydrogens (tertiary/aromatic N) is 2. The molecule has 5 nitrogen and oxygen atoms in total. The van der Waals surface area contributed by atoms with Crippen LogP contribution < -0.4 is 10.1 Å². The van der Waals surface area contributed by atoms with Crippen LogP contribution in [0.4, 0.5) is 5.82 Å². The van der Waals surface area contributed by atoms with Gasteiger partial charge < -0.3 is 10.1 Å². The Morgan fingerprint density at radius 1 is 1.00 bits per heavy atom. The summed E-state index contributed by atoms with van der Waals surface area (Å²) in [4.78, 5) is 22.0. The van der Waals surface area contributed by atoms with Crippen molar-refractivity contribution in [2.75, 3.05) is 11.9 Å². The Kier molecular flexibility index (Phi) is 4.19. The van der Waals surface area contributed by atoms with Crippen molar-refractivity contribution in [3.8, 4) is 17.6 Å². The number of ether oxygens (including phenoxy) is 1. The molecule has 2 aliphatic rings. The van der Waals surface area contributed by atoms with Crippen LogP contribution in [0, 0.1) is 11.8 Å². The summed E-state index contributed by atoms with van der Waals surface area (Å²) >= 11 is 0. The lowest BCUT2D eigenvalue weighted by molar-refractivity contribution is -0.120. The van der Waals surface area contributed by atoms with Crippen LogP contribution in [0.25, 0.3) is 10.9 Å². The number of carbonyl (C=O) groups excluding carboxylic acids is 1. The van der Waals surface area contributed by atoms with E-state index in [0.717, 1.165) is 27.8 Å². The van der Waals surface area contributed by atoms with Gasteiger partial charge in [-0.1, -0.05) is 30.2 Å². The summed E-state index contributed by atoms with van der Waals surface area (Å²) in [6.45, 7) is 0.305. The minimum Gasteiger partial charge on any atom is -0.481 e. The SMILES string of the molecule is O=C1Nc2ncccc2C12Cc1cc3ccc(C#CCOc4ccccc4)nc3cc1C2. The van der Waals surface area contributed by atoms with Crippen molar-refractivity contribution in [3.05, 3.63) is 95.3 Å². The molecular weight excluding hydrogens is 398 g/mol. The molecule has 1 spiro atoms. The third-order valence-corrected chi connectivity index (χ3v) is 6.26. The number of hydrogen-bond acceptors (Lipinski definition) is 4. The maximum atomic E-state index is 12.9. The normalized spacial score (nSPS) is 18.1. The maximum absolute atomic E-state index is 12.9. The van der Waals surface area contributed by atoms with E-state index in [2.05, 4.69) is 34.3 Å². The monoisotopic (exact) mass is 417 g/mol. The highest BCUT2D eigenvalue weighted by atomic mass is 16.5. The van der Waals surface area contributed by atoms with E-state index in [9.17, 15) is 4.79 Å². The Labute approximate surface area is 185 Å². The maximum Gasteiger partial charge on any atom is 0.237 e. The average molecular weight is 417 g/mol. The van der Waals surface area contributed by atoms with Gasteiger partial charge in [-0.25, -0.2) is 9.97 Å². The summed E-state index contributed by atoms with van der Waals surface area (Å²) in [6, 6.07) is 21.8. The fourth-order valence-electron chi connectivity index (χ4n) is 4.73. The molecule has 0 saturated carbocycles. The van der Waals surface area contributed by atoms with Crippen LogP contribution in [0.15, 0.2) is 72.9 Å². The lowest BCUT2D eigenvalue weighted by Crippen LogP contribution is -2.35. The highest BCUT2D eigenvalue weighted by Gasteiger charge is 2.51. The lowest BCUT2D eigenvalue weighted by atomic mass is 9.79. The third kappa shape index (κ3) is 3.00. The number of fused-ring (bicyclic) bond motifs is 4. The molecule has 2 aromatic heterocycles. The predicted octanol–water partition coefficient (Wildman–Crippen LogP) is 4.05. The molecule has 1 aliphatic heterocycles. The van der Waals surface area contributed by atoms with Crippen molar-refractivity contribution in [1.29, 1.82) is 0 Å². The van der Waals surface area contributed by atoms with Gasteiger partial charge >= 0.3 is 0 Å². The number of hydrogen-bond donors (Lipinski definition) is 1. The van der Waals surface area contributed by atoms with Gasteiger partial charge in [0.15, 0.2) is 0 Å². The van der Waals surface area contributed by atoms with E-state index in [4.69, 9.17) is 9.72 Å². The van der Waals surface area contributed by atoms with Gasteiger partial charge in [-0.15, -0.1) is 0 Å². The zero-order valence-corrected chi connectivity index (χ0v) is 17.3. The smallest absolute Gasteiger partial charge is 0.237 e. The van der Waals surface area contributed by atoms with E-state index in [1.54, 1.807) is 6.20 Å². The number of aromatic nitrogens is 2. The highest BCUT2D eigenvalue weighted by molar-refractivity contribution is 6.06. The molecule has 2 aromatic carbocycles. The van der Waals surface area contributed by atoms with Crippen molar-refractivity contribution in [1.82, 2.24) is 9.97 Å². The van der Waals surface area contributed by atoms with Gasteiger partial charge in [0.2, 0.25) is 5.91 Å². The Morgan fingerprint density at radius 3 is 2.72 bits per heavy atom. The Bertz CT molecular complexity index is 1440. The number of pyridine rings is 2.